The second-order valence-electron chi connectivity index (χ2n) is 4.58. The van der Waals surface area contributed by atoms with Gasteiger partial charge in [0.1, 0.15) is 6.04 Å². The number of aliphatic carboxylic acids is 1. The highest BCUT2D eigenvalue weighted by molar-refractivity contribution is 7.11. The Labute approximate surface area is 125 Å². The zero-order valence-corrected chi connectivity index (χ0v) is 12.8. The van der Waals surface area contributed by atoms with Crippen molar-refractivity contribution in [1.82, 2.24) is 15.6 Å². The molecule has 0 saturated heterocycles. The van der Waals surface area contributed by atoms with Crippen LogP contribution >= 0.6 is 11.3 Å². The van der Waals surface area contributed by atoms with Crippen LogP contribution in [0.2, 0.25) is 0 Å². The van der Waals surface area contributed by atoms with Gasteiger partial charge in [-0.2, -0.15) is 0 Å². The topological polar surface area (TPSA) is 134 Å². The fourth-order valence-corrected chi connectivity index (χ4v) is 2.74. The van der Waals surface area contributed by atoms with Crippen molar-refractivity contribution in [3.63, 3.8) is 0 Å². The van der Waals surface area contributed by atoms with Crippen molar-refractivity contribution in [2.24, 2.45) is 5.73 Å². The smallest absolute Gasteiger partial charge is 0.326 e. The molecular formula is C12H18N4O4S. The van der Waals surface area contributed by atoms with Crippen LogP contribution in [0.4, 0.5) is 4.79 Å². The molecule has 2 atom stereocenters. The Morgan fingerprint density at radius 2 is 1.95 bits per heavy atom. The van der Waals surface area contributed by atoms with Crippen molar-refractivity contribution in [3.8, 4) is 0 Å². The first-order chi connectivity index (χ1) is 9.70. The summed E-state index contributed by atoms with van der Waals surface area (Å²) in [5.74, 6) is -2.12. The number of hydrogen-bond acceptors (Lipinski definition) is 5. The Balaban J connectivity index is 2.65. The van der Waals surface area contributed by atoms with Crippen LogP contribution in [0.5, 0.6) is 0 Å². The van der Waals surface area contributed by atoms with Gasteiger partial charge in [-0.1, -0.05) is 0 Å². The zero-order chi connectivity index (χ0) is 16.2. The van der Waals surface area contributed by atoms with Gasteiger partial charge in [-0.3, -0.25) is 4.79 Å². The van der Waals surface area contributed by atoms with E-state index < -0.39 is 30.4 Å². The van der Waals surface area contributed by atoms with Crippen LogP contribution in [0.3, 0.4) is 0 Å². The number of carbonyl (C=O) groups is 3. The molecule has 0 bridgehead atoms. The lowest BCUT2D eigenvalue weighted by Crippen LogP contribution is -2.48. The SMILES string of the molecule is Cc1nc(C)c(C(C)NC(=O)N[C@H](CC(N)=O)C(=O)O)s1. The first-order valence-electron chi connectivity index (χ1n) is 6.22. The monoisotopic (exact) mass is 314 g/mol. The number of thiazole rings is 1. The molecule has 0 saturated carbocycles. The molecule has 5 N–H and O–H groups in total. The minimum Gasteiger partial charge on any atom is -0.480 e. The highest BCUT2D eigenvalue weighted by Crippen LogP contribution is 2.24. The summed E-state index contributed by atoms with van der Waals surface area (Å²) < 4.78 is 0. The Hall–Kier alpha value is -2.16. The number of nitrogens with zero attached hydrogens (tertiary/aromatic N) is 1. The predicted molar refractivity (Wildman–Crippen MR) is 76.9 cm³/mol. The van der Waals surface area contributed by atoms with E-state index in [1.807, 2.05) is 13.8 Å². The van der Waals surface area contributed by atoms with Gasteiger partial charge in [-0.25, -0.2) is 14.6 Å². The number of carboxylic acid groups (broad SMARTS) is 1. The van der Waals surface area contributed by atoms with E-state index in [-0.39, 0.29) is 6.04 Å². The summed E-state index contributed by atoms with van der Waals surface area (Å²) >= 11 is 1.46. The summed E-state index contributed by atoms with van der Waals surface area (Å²) in [5, 5.41) is 14.6. The standard InChI is InChI=1S/C12H18N4O4S/c1-5-10(21-7(3)14-5)6(2)15-12(20)16-8(11(18)19)4-9(13)17/h6,8H,4H2,1-3H3,(H2,13,17)(H,18,19)(H2,15,16,20)/t6?,8-/m1/s1. The van der Waals surface area contributed by atoms with Gasteiger partial charge in [0.25, 0.3) is 0 Å². The summed E-state index contributed by atoms with van der Waals surface area (Å²) in [6.45, 7) is 5.47. The van der Waals surface area contributed by atoms with E-state index in [9.17, 15) is 14.4 Å². The number of primary amides is 1. The first-order valence-corrected chi connectivity index (χ1v) is 7.04. The molecule has 0 aromatic carbocycles. The van der Waals surface area contributed by atoms with Crippen LogP contribution in [-0.4, -0.2) is 34.0 Å². The molecule has 0 aliphatic rings. The normalized spacial score (nSPS) is 13.3. The van der Waals surface area contributed by atoms with Crippen LogP contribution in [0.15, 0.2) is 0 Å². The molecule has 1 aromatic rings. The fraction of sp³-hybridized carbons (Fsp3) is 0.500. The van der Waals surface area contributed by atoms with Crippen molar-refractivity contribution in [1.29, 1.82) is 0 Å². The maximum Gasteiger partial charge on any atom is 0.326 e. The third kappa shape index (κ3) is 5.03. The molecule has 8 nitrogen and oxygen atoms in total. The average Bonchev–Trinajstić information content (AvgIpc) is 2.66. The third-order valence-corrected chi connectivity index (χ3v) is 3.94. The van der Waals surface area contributed by atoms with Gasteiger partial charge in [0, 0.05) is 4.88 Å². The summed E-state index contributed by atoms with van der Waals surface area (Å²) in [5.41, 5.74) is 5.76. The first kappa shape index (κ1) is 16.9. The van der Waals surface area contributed by atoms with Crippen molar-refractivity contribution in [2.75, 3.05) is 0 Å². The lowest BCUT2D eigenvalue weighted by molar-refractivity contribution is -0.140. The average molecular weight is 314 g/mol. The summed E-state index contributed by atoms with van der Waals surface area (Å²) in [7, 11) is 0. The number of amides is 3. The van der Waals surface area contributed by atoms with Gasteiger partial charge in [0.05, 0.1) is 23.2 Å². The van der Waals surface area contributed by atoms with E-state index >= 15 is 0 Å². The van der Waals surface area contributed by atoms with E-state index in [0.29, 0.717) is 0 Å². The highest BCUT2D eigenvalue weighted by Gasteiger charge is 2.23. The molecule has 3 amide bonds. The highest BCUT2D eigenvalue weighted by atomic mass is 32.1. The largest absolute Gasteiger partial charge is 0.480 e. The van der Waals surface area contributed by atoms with Crippen molar-refractivity contribution in [3.05, 3.63) is 15.6 Å². The van der Waals surface area contributed by atoms with Crippen LogP contribution < -0.4 is 16.4 Å². The van der Waals surface area contributed by atoms with E-state index in [0.717, 1.165) is 15.6 Å². The van der Waals surface area contributed by atoms with Gasteiger partial charge in [-0.15, -0.1) is 11.3 Å². The quantitative estimate of drug-likeness (QED) is 0.604. The van der Waals surface area contributed by atoms with Gasteiger partial charge < -0.3 is 21.5 Å². The number of nitrogens with two attached hydrogens (primary N) is 1. The maximum absolute atomic E-state index is 11.8. The molecule has 0 radical (unpaired) electrons. The van der Waals surface area contributed by atoms with Crippen molar-refractivity contribution < 1.29 is 19.5 Å². The zero-order valence-electron chi connectivity index (χ0n) is 12.0. The third-order valence-electron chi connectivity index (χ3n) is 2.69. The minimum absolute atomic E-state index is 0.320. The Morgan fingerprint density at radius 3 is 2.38 bits per heavy atom. The van der Waals surface area contributed by atoms with Crippen molar-refractivity contribution >= 4 is 29.2 Å². The molecule has 21 heavy (non-hydrogen) atoms. The molecule has 1 unspecified atom stereocenters. The summed E-state index contributed by atoms with van der Waals surface area (Å²) in [6.07, 6.45) is -0.462. The second kappa shape index (κ2) is 7.02. The van der Waals surface area contributed by atoms with Gasteiger partial charge >= 0.3 is 12.0 Å². The number of nitrogens with one attached hydrogen (secondary N) is 2. The fourth-order valence-electron chi connectivity index (χ4n) is 1.81. The molecule has 0 aliphatic heterocycles. The molecule has 116 valence electrons. The van der Waals surface area contributed by atoms with Crippen LogP contribution in [0, 0.1) is 13.8 Å². The Bertz CT molecular complexity index is 557. The number of carboxylic acids is 1. The minimum atomic E-state index is -1.35. The van der Waals surface area contributed by atoms with Gasteiger partial charge in [0.15, 0.2) is 0 Å². The Morgan fingerprint density at radius 1 is 1.33 bits per heavy atom. The second-order valence-corrected chi connectivity index (χ2v) is 5.82. The van der Waals surface area contributed by atoms with Gasteiger partial charge in [-0.05, 0) is 20.8 Å². The number of urea groups is 1. The summed E-state index contributed by atoms with van der Waals surface area (Å²) in [4.78, 5) is 38.6. The number of aryl methyl sites for hydroxylation is 2. The van der Waals surface area contributed by atoms with Gasteiger partial charge in [0.2, 0.25) is 5.91 Å². The molecule has 9 heteroatoms. The van der Waals surface area contributed by atoms with E-state index in [2.05, 4.69) is 15.6 Å². The molecule has 1 rings (SSSR count). The number of carbonyl (C=O) groups excluding carboxylic acids is 2. The lowest BCUT2D eigenvalue weighted by atomic mass is 10.2. The van der Waals surface area contributed by atoms with Crippen LogP contribution in [0.1, 0.15) is 35.0 Å². The van der Waals surface area contributed by atoms with E-state index in [1.54, 1.807) is 6.92 Å². The molecule has 1 heterocycles. The molecule has 0 fully saturated rings. The lowest BCUT2D eigenvalue weighted by Gasteiger charge is -2.17. The van der Waals surface area contributed by atoms with Crippen LogP contribution in [-0.2, 0) is 9.59 Å². The van der Waals surface area contributed by atoms with E-state index in [4.69, 9.17) is 10.8 Å². The number of hydrogen-bond donors (Lipinski definition) is 4. The molecule has 0 aliphatic carbocycles. The predicted octanol–water partition coefficient (Wildman–Crippen LogP) is 0.449. The molecular weight excluding hydrogens is 296 g/mol. The molecule has 0 spiro atoms. The van der Waals surface area contributed by atoms with Crippen LogP contribution in [0.25, 0.3) is 0 Å². The maximum atomic E-state index is 11.8. The van der Waals surface area contributed by atoms with Crippen molar-refractivity contribution in [2.45, 2.75) is 39.3 Å². The van der Waals surface area contributed by atoms with E-state index in [1.165, 1.54) is 11.3 Å². The number of aromatic nitrogens is 1. The summed E-state index contributed by atoms with van der Waals surface area (Å²) in [6, 6.07) is -2.35. The Kier molecular flexibility index (Phi) is 5.65. The molecule has 1 aromatic heterocycles. The number of rotatable bonds is 6.